The Morgan fingerprint density at radius 3 is 2.51 bits per heavy atom. The number of benzene rings is 2. The van der Waals surface area contributed by atoms with Crippen LogP contribution in [0.25, 0.3) is 10.9 Å². The van der Waals surface area contributed by atoms with Gasteiger partial charge in [-0.2, -0.15) is 13.2 Å². The summed E-state index contributed by atoms with van der Waals surface area (Å²) in [6.07, 6.45) is -1.14. The molecule has 2 aromatic carbocycles. The van der Waals surface area contributed by atoms with Crippen molar-refractivity contribution in [1.29, 1.82) is 0 Å². The molecule has 1 amide bonds. The van der Waals surface area contributed by atoms with Gasteiger partial charge in [0.05, 0.1) is 11.9 Å². The van der Waals surface area contributed by atoms with Crippen LogP contribution in [0.5, 0.6) is 0 Å². The quantitative estimate of drug-likeness (QED) is 0.425. The van der Waals surface area contributed by atoms with Crippen LogP contribution in [0.1, 0.15) is 48.1 Å². The Morgan fingerprint density at radius 1 is 1.11 bits per heavy atom. The van der Waals surface area contributed by atoms with Crippen LogP contribution < -0.4 is 10.2 Å². The Kier molecular flexibility index (Phi) is 7.27. The minimum atomic E-state index is -4.54. The average Bonchev–Trinajstić information content (AvgIpc) is 2.81. The van der Waals surface area contributed by atoms with Gasteiger partial charge in [0, 0.05) is 35.2 Å². The van der Waals surface area contributed by atoms with Crippen molar-refractivity contribution in [2.75, 3.05) is 11.9 Å². The maximum Gasteiger partial charge on any atom is 0.433 e. The first-order valence-electron chi connectivity index (χ1n) is 11.8. The Bertz CT molecular complexity index is 1240. The highest BCUT2D eigenvalue weighted by molar-refractivity contribution is 6.31. The molecule has 0 spiro atoms. The van der Waals surface area contributed by atoms with Crippen molar-refractivity contribution in [2.45, 2.75) is 64.2 Å². The predicted octanol–water partition coefficient (Wildman–Crippen LogP) is 6.63. The van der Waals surface area contributed by atoms with Crippen molar-refractivity contribution in [1.82, 2.24) is 10.3 Å². The van der Waals surface area contributed by atoms with Crippen molar-refractivity contribution >= 4 is 34.1 Å². The summed E-state index contributed by atoms with van der Waals surface area (Å²) in [5.41, 5.74) is 3.14. The Morgan fingerprint density at radius 2 is 1.83 bits per heavy atom. The molecule has 1 aliphatic carbocycles. The lowest BCUT2D eigenvalue weighted by Gasteiger charge is -2.37. The van der Waals surface area contributed by atoms with E-state index in [0.29, 0.717) is 22.5 Å². The third-order valence-electron chi connectivity index (χ3n) is 7.10. The van der Waals surface area contributed by atoms with E-state index in [4.69, 9.17) is 11.6 Å². The molecule has 0 saturated heterocycles. The highest BCUT2D eigenvalue weighted by Gasteiger charge is 2.34. The lowest BCUT2D eigenvalue weighted by molar-refractivity contribution is -0.140. The summed E-state index contributed by atoms with van der Waals surface area (Å²) in [5, 5.41) is 4.19. The zero-order valence-corrected chi connectivity index (χ0v) is 20.8. The number of amides is 1. The molecule has 1 saturated carbocycles. The molecule has 1 heterocycles. The molecule has 1 aliphatic rings. The largest absolute Gasteiger partial charge is 0.433 e. The SMILES string of the molecule is Cc1cccc(CC(=O)NC2CCC(N(C)c3cc(C(F)(F)F)nc4ccc(Cl)cc34)CC2)c1C. The predicted molar refractivity (Wildman–Crippen MR) is 134 cm³/mol. The third-order valence-corrected chi connectivity index (χ3v) is 7.33. The fraction of sp³-hybridized carbons (Fsp3) is 0.407. The van der Waals surface area contributed by atoms with Crippen LogP contribution in [0.3, 0.4) is 0 Å². The number of halogens is 4. The van der Waals surface area contributed by atoms with Gasteiger partial charge >= 0.3 is 6.18 Å². The summed E-state index contributed by atoms with van der Waals surface area (Å²) in [6.45, 7) is 4.06. The summed E-state index contributed by atoms with van der Waals surface area (Å²) >= 11 is 6.15. The Hall–Kier alpha value is -2.80. The molecule has 0 atom stereocenters. The second-order valence-corrected chi connectivity index (χ2v) is 9.84. The smallest absolute Gasteiger partial charge is 0.371 e. The fourth-order valence-corrected chi connectivity index (χ4v) is 5.05. The molecule has 8 heteroatoms. The average molecular weight is 504 g/mol. The molecule has 1 fully saturated rings. The van der Waals surface area contributed by atoms with Gasteiger partial charge in [-0.1, -0.05) is 29.8 Å². The summed E-state index contributed by atoms with van der Waals surface area (Å²) in [5.74, 6) is 0.0000864. The van der Waals surface area contributed by atoms with E-state index in [-0.39, 0.29) is 23.5 Å². The van der Waals surface area contributed by atoms with E-state index in [1.54, 1.807) is 12.1 Å². The standard InChI is InChI=1S/C27H29ClF3N3O/c1-16-5-4-6-18(17(16)2)13-26(35)32-20-8-10-21(11-9-20)34(3)24-15-25(27(29,30)31)33-23-12-7-19(28)14-22(23)24/h4-7,12,14-15,20-21H,8-11,13H2,1-3H3,(H,32,35). The number of nitrogens with one attached hydrogen (secondary N) is 1. The van der Waals surface area contributed by atoms with Crippen LogP contribution in [0.15, 0.2) is 42.5 Å². The first-order chi connectivity index (χ1) is 16.5. The maximum absolute atomic E-state index is 13.5. The first kappa shape index (κ1) is 25.3. The molecular formula is C27H29ClF3N3O. The van der Waals surface area contributed by atoms with E-state index in [0.717, 1.165) is 48.4 Å². The number of hydrogen-bond donors (Lipinski definition) is 1. The number of fused-ring (bicyclic) bond motifs is 1. The number of aryl methyl sites for hydroxylation is 1. The minimum Gasteiger partial charge on any atom is -0.371 e. The van der Waals surface area contributed by atoms with Crippen LogP contribution in [0.2, 0.25) is 5.02 Å². The Balaban J connectivity index is 1.44. The second kappa shape index (κ2) is 10.1. The molecule has 0 radical (unpaired) electrons. The molecule has 4 nitrogen and oxygen atoms in total. The van der Waals surface area contributed by atoms with Gasteiger partial charge in [-0.05, 0) is 80.5 Å². The van der Waals surface area contributed by atoms with Crippen molar-refractivity contribution in [2.24, 2.45) is 0 Å². The number of aromatic nitrogens is 1. The molecule has 0 aliphatic heterocycles. The molecule has 0 unspecified atom stereocenters. The molecule has 4 rings (SSSR count). The molecule has 1 aromatic heterocycles. The van der Waals surface area contributed by atoms with Gasteiger partial charge in [-0.3, -0.25) is 4.79 Å². The highest BCUT2D eigenvalue weighted by atomic mass is 35.5. The topological polar surface area (TPSA) is 45.2 Å². The molecular weight excluding hydrogens is 475 g/mol. The number of alkyl halides is 3. The number of hydrogen-bond acceptors (Lipinski definition) is 3. The van der Waals surface area contributed by atoms with Gasteiger partial charge in [0.15, 0.2) is 0 Å². The summed E-state index contributed by atoms with van der Waals surface area (Å²) in [6, 6.07) is 11.9. The van der Waals surface area contributed by atoms with Crippen molar-refractivity contribution in [3.63, 3.8) is 0 Å². The zero-order valence-electron chi connectivity index (χ0n) is 20.0. The molecule has 1 N–H and O–H groups in total. The van der Waals surface area contributed by atoms with Crippen LogP contribution >= 0.6 is 11.6 Å². The molecule has 35 heavy (non-hydrogen) atoms. The van der Waals surface area contributed by atoms with Crippen molar-refractivity contribution in [3.8, 4) is 0 Å². The molecule has 3 aromatic rings. The highest BCUT2D eigenvalue weighted by Crippen LogP contribution is 2.37. The zero-order chi connectivity index (χ0) is 25.3. The van der Waals surface area contributed by atoms with Gasteiger partial charge in [-0.25, -0.2) is 4.98 Å². The number of nitrogens with zero attached hydrogens (tertiary/aromatic N) is 2. The lowest BCUT2D eigenvalue weighted by Crippen LogP contribution is -2.43. The van der Waals surface area contributed by atoms with Gasteiger partial charge in [0.1, 0.15) is 5.69 Å². The summed E-state index contributed by atoms with van der Waals surface area (Å²) < 4.78 is 40.5. The minimum absolute atomic E-state index is 0.0000864. The van der Waals surface area contributed by atoms with Crippen LogP contribution in [-0.2, 0) is 17.4 Å². The number of carbonyl (C=O) groups is 1. The first-order valence-corrected chi connectivity index (χ1v) is 12.2. The van der Waals surface area contributed by atoms with Gasteiger partial charge in [-0.15, -0.1) is 0 Å². The number of rotatable bonds is 5. The lowest BCUT2D eigenvalue weighted by atomic mass is 9.89. The van der Waals surface area contributed by atoms with E-state index < -0.39 is 11.9 Å². The van der Waals surface area contributed by atoms with E-state index in [1.807, 2.05) is 44.0 Å². The van der Waals surface area contributed by atoms with E-state index in [9.17, 15) is 18.0 Å². The summed E-state index contributed by atoms with van der Waals surface area (Å²) in [4.78, 5) is 18.4. The monoisotopic (exact) mass is 503 g/mol. The third kappa shape index (κ3) is 5.72. The Labute approximate surface area is 208 Å². The second-order valence-electron chi connectivity index (χ2n) is 9.41. The fourth-order valence-electron chi connectivity index (χ4n) is 4.88. The normalized spacial score (nSPS) is 18.5. The van der Waals surface area contributed by atoms with E-state index >= 15 is 0 Å². The van der Waals surface area contributed by atoms with E-state index in [2.05, 4.69) is 10.3 Å². The van der Waals surface area contributed by atoms with Crippen LogP contribution in [0, 0.1) is 13.8 Å². The van der Waals surface area contributed by atoms with Gasteiger partial charge in [0.25, 0.3) is 0 Å². The number of anilines is 1. The van der Waals surface area contributed by atoms with Gasteiger partial charge in [0.2, 0.25) is 5.91 Å². The molecule has 186 valence electrons. The van der Waals surface area contributed by atoms with Crippen LogP contribution in [0.4, 0.5) is 18.9 Å². The van der Waals surface area contributed by atoms with E-state index in [1.165, 1.54) is 6.07 Å². The molecule has 0 bridgehead atoms. The van der Waals surface area contributed by atoms with Crippen molar-refractivity contribution in [3.05, 3.63) is 69.9 Å². The van der Waals surface area contributed by atoms with Crippen LogP contribution in [-0.4, -0.2) is 30.0 Å². The van der Waals surface area contributed by atoms with Crippen molar-refractivity contribution < 1.29 is 18.0 Å². The number of pyridine rings is 1. The summed E-state index contributed by atoms with van der Waals surface area (Å²) in [7, 11) is 1.82. The maximum atomic E-state index is 13.5. The number of carbonyl (C=O) groups excluding carboxylic acids is 1. The van der Waals surface area contributed by atoms with Gasteiger partial charge < -0.3 is 10.2 Å².